The van der Waals surface area contributed by atoms with Crippen molar-refractivity contribution in [3.8, 4) is 0 Å². The second-order valence-corrected chi connectivity index (χ2v) is 5.97. The van der Waals surface area contributed by atoms with E-state index >= 15 is 0 Å². The number of rotatable bonds is 5. The van der Waals surface area contributed by atoms with Crippen LogP contribution in [0.1, 0.15) is 44.7 Å². The number of hydrogen-bond acceptors (Lipinski definition) is 2. The van der Waals surface area contributed by atoms with E-state index in [0.29, 0.717) is 6.42 Å². The fraction of sp³-hybridized carbons (Fsp3) is 0.588. The van der Waals surface area contributed by atoms with Gasteiger partial charge in [0.1, 0.15) is 0 Å². The zero-order valence-corrected chi connectivity index (χ0v) is 12.6. The van der Waals surface area contributed by atoms with Crippen molar-refractivity contribution in [3.05, 3.63) is 35.9 Å². The summed E-state index contributed by atoms with van der Waals surface area (Å²) in [6, 6.07) is 10.2. The predicted octanol–water partition coefficient (Wildman–Crippen LogP) is 2.99. The molecule has 1 saturated heterocycles. The zero-order valence-electron chi connectivity index (χ0n) is 12.6. The molecular formula is C17H26N2O. The maximum atomic E-state index is 12.0. The van der Waals surface area contributed by atoms with Gasteiger partial charge in [0.15, 0.2) is 0 Å². The third kappa shape index (κ3) is 4.64. The predicted molar refractivity (Wildman–Crippen MR) is 82.5 cm³/mol. The van der Waals surface area contributed by atoms with E-state index in [9.17, 15) is 4.79 Å². The molecule has 1 unspecified atom stereocenters. The van der Waals surface area contributed by atoms with Crippen LogP contribution in [-0.2, 0) is 4.79 Å². The second-order valence-electron chi connectivity index (χ2n) is 5.97. The first-order valence-corrected chi connectivity index (χ1v) is 7.72. The van der Waals surface area contributed by atoms with Gasteiger partial charge in [0.2, 0.25) is 5.91 Å². The van der Waals surface area contributed by atoms with Gasteiger partial charge in [-0.15, -0.1) is 0 Å². The topological polar surface area (TPSA) is 32.3 Å². The van der Waals surface area contributed by atoms with E-state index in [4.69, 9.17) is 0 Å². The molecule has 0 bridgehead atoms. The highest BCUT2D eigenvalue weighted by Crippen LogP contribution is 2.16. The van der Waals surface area contributed by atoms with Gasteiger partial charge in [-0.1, -0.05) is 37.3 Å². The van der Waals surface area contributed by atoms with E-state index in [2.05, 4.69) is 29.3 Å². The zero-order chi connectivity index (χ0) is 14.4. The van der Waals surface area contributed by atoms with Crippen molar-refractivity contribution in [2.24, 2.45) is 5.92 Å². The lowest BCUT2D eigenvalue weighted by Gasteiger charge is -2.30. The van der Waals surface area contributed by atoms with Crippen molar-refractivity contribution in [2.75, 3.05) is 19.6 Å². The van der Waals surface area contributed by atoms with Gasteiger partial charge in [-0.25, -0.2) is 0 Å². The van der Waals surface area contributed by atoms with Crippen LogP contribution < -0.4 is 5.32 Å². The molecule has 1 aromatic rings. The van der Waals surface area contributed by atoms with E-state index in [1.807, 2.05) is 25.1 Å². The summed E-state index contributed by atoms with van der Waals surface area (Å²) in [5.74, 6) is 0.998. The van der Waals surface area contributed by atoms with Crippen LogP contribution in [0.2, 0.25) is 0 Å². The number of nitrogens with zero attached hydrogens (tertiary/aromatic N) is 1. The van der Waals surface area contributed by atoms with Crippen LogP contribution in [-0.4, -0.2) is 30.4 Å². The van der Waals surface area contributed by atoms with E-state index in [-0.39, 0.29) is 11.9 Å². The first kappa shape index (κ1) is 15.0. The monoisotopic (exact) mass is 274 g/mol. The second kappa shape index (κ2) is 7.44. The first-order chi connectivity index (χ1) is 9.65. The van der Waals surface area contributed by atoms with Gasteiger partial charge >= 0.3 is 0 Å². The maximum absolute atomic E-state index is 12.0. The van der Waals surface area contributed by atoms with Crippen LogP contribution in [0.3, 0.4) is 0 Å². The molecule has 1 amide bonds. The lowest BCUT2D eigenvalue weighted by Crippen LogP contribution is -2.36. The molecule has 0 saturated carbocycles. The molecule has 20 heavy (non-hydrogen) atoms. The average Bonchev–Trinajstić information content (AvgIpc) is 2.47. The Kier molecular flexibility index (Phi) is 5.60. The number of carbonyl (C=O) groups is 1. The highest BCUT2D eigenvalue weighted by atomic mass is 16.1. The lowest BCUT2D eigenvalue weighted by atomic mass is 9.99. The van der Waals surface area contributed by atoms with Crippen LogP contribution in [0.15, 0.2) is 30.3 Å². The quantitative estimate of drug-likeness (QED) is 0.895. The van der Waals surface area contributed by atoms with E-state index in [1.165, 1.54) is 12.8 Å². The number of likely N-dealkylation sites (tertiary alicyclic amines) is 1. The van der Waals surface area contributed by atoms with Gasteiger partial charge in [0, 0.05) is 13.0 Å². The van der Waals surface area contributed by atoms with Gasteiger partial charge < -0.3 is 10.2 Å². The molecule has 1 N–H and O–H groups in total. The molecular weight excluding hydrogens is 248 g/mol. The fourth-order valence-electron chi connectivity index (χ4n) is 2.68. The van der Waals surface area contributed by atoms with E-state index in [1.54, 1.807) is 0 Å². The molecule has 0 radical (unpaired) electrons. The van der Waals surface area contributed by atoms with Crippen molar-refractivity contribution < 1.29 is 4.79 Å². The van der Waals surface area contributed by atoms with Gasteiger partial charge in [-0.05, 0) is 44.3 Å². The lowest BCUT2D eigenvalue weighted by molar-refractivity contribution is -0.122. The standard InChI is InChI=1S/C17H26N2O/c1-14-8-11-19(12-9-14)13-10-17(20)18-15(2)16-6-4-3-5-7-16/h3-7,14-15H,8-13H2,1-2H3,(H,18,20). The molecule has 0 spiro atoms. The number of piperidine rings is 1. The van der Waals surface area contributed by atoms with Crippen molar-refractivity contribution in [1.29, 1.82) is 0 Å². The number of benzene rings is 1. The summed E-state index contributed by atoms with van der Waals surface area (Å²) in [5.41, 5.74) is 1.16. The summed E-state index contributed by atoms with van der Waals surface area (Å²) in [7, 11) is 0. The van der Waals surface area contributed by atoms with Gasteiger partial charge in [-0.3, -0.25) is 4.79 Å². The number of amides is 1. The number of hydrogen-bond donors (Lipinski definition) is 1. The minimum absolute atomic E-state index is 0.0880. The molecule has 1 aliphatic rings. The first-order valence-electron chi connectivity index (χ1n) is 7.72. The van der Waals surface area contributed by atoms with Crippen LogP contribution in [0, 0.1) is 5.92 Å². The molecule has 1 heterocycles. The summed E-state index contributed by atoms with van der Waals surface area (Å²) in [4.78, 5) is 14.4. The summed E-state index contributed by atoms with van der Waals surface area (Å²) in [6.45, 7) is 7.52. The number of nitrogens with one attached hydrogen (secondary N) is 1. The molecule has 0 aliphatic carbocycles. The molecule has 2 rings (SSSR count). The molecule has 1 aromatic carbocycles. The molecule has 3 heteroatoms. The number of carbonyl (C=O) groups excluding carboxylic acids is 1. The Balaban J connectivity index is 1.70. The van der Waals surface area contributed by atoms with Crippen LogP contribution >= 0.6 is 0 Å². The van der Waals surface area contributed by atoms with Crippen LogP contribution in [0.4, 0.5) is 0 Å². The molecule has 0 aromatic heterocycles. The van der Waals surface area contributed by atoms with Crippen molar-refractivity contribution >= 4 is 5.91 Å². The summed E-state index contributed by atoms with van der Waals surface area (Å²) in [6.07, 6.45) is 3.13. The summed E-state index contributed by atoms with van der Waals surface area (Å²) >= 11 is 0. The Morgan fingerprint density at radius 3 is 2.60 bits per heavy atom. The van der Waals surface area contributed by atoms with Crippen molar-refractivity contribution in [3.63, 3.8) is 0 Å². The summed E-state index contributed by atoms with van der Waals surface area (Å²) < 4.78 is 0. The highest BCUT2D eigenvalue weighted by Gasteiger charge is 2.16. The minimum Gasteiger partial charge on any atom is -0.350 e. The Morgan fingerprint density at radius 1 is 1.30 bits per heavy atom. The molecule has 3 nitrogen and oxygen atoms in total. The molecule has 1 aliphatic heterocycles. The van der Waals surface area contributed by atoms with Gasteiger partial charge in [0.05, 0.1) is 6.04 Å². The van der Waals surface area contributed by atoms with Crippen LogP contribution in [0.25, 0.3) is 0 Å². The Hall–Kier alpha value is -1.35. The highest BCUT2D eigenvalue weighted by molar-refractivity contribution is 5.76. The molecule has 1 fully saturated rings. The smallest absolute Gasteiger partial charge is 0.221 e. The SMILES string of the molecule is CC1CCN(CCC(=O)NC(C)c2ccccc2)CC1. The third-order valence-corrected chi connectivity index (χ3v) is 4.21. The Bertz CT molecular complexity index is 410. The molecule has 1 atom stereocenters. The van der Waals surface area contributed by atoms with Crippen molar-refractivity contribution in [1.82, 2.24) is 10.2 Å². The fourth-order valence-corrected chi connectivity index (χ4v) is 2.68. The summed E-state index contributed by atoms with van der Waals surface area (Å²) in [5, 5.41) is 3.08. The Morgan fingerprint density at radius 2 is 1.95 bits per heavy atom. The normalized spacial score (nSPS) is 18.7. The third-order valence-electron chi connectivity index (χ3n) is 4.21. The molecule has 110 valence electrons. The average molecular weight is 274 g/mol. The van der Waals surface area contributed by atoms with E-state index < -0.39 is 0 Å². The van der Waals surface area contributed by atoms with Gasteiger partial charge in [-0.2, -0.15) is 0 Å². The Labute approximate surface area is 122 Å². The maximum Gasteiger partial charge on any atom is 0.221 e. The minimum atomic E-state index is 0.0880. The largest absolute Gasteiger partial charge is 0.350 e. The van der Waals surface area contributed by atoms with Gasteiger partial charge in [0.25, 0.3) is 0 Å². The van der Waals surface area contributed by atoms with E-state index in [0.717, 1.165) is 31.1 Å². The van der Waals surface area contributed by atoms with Crippen LogP contribution in [0.5, 0.6) is 0 Å². The van der Waals surface area contributed by atoms with Crippen molar-refractivity contribution in [2.45, 2.75) is 39.2 Å².